The third-order valence-electron chi connectivity index (χ3n) is 3.09. The Hall–Kier alpha value is -1.40. The predicted octanol–water partition coefficient (Wildman–Crippen LogP) is -0.376. The number of carbonyl (C=O) groups excluding carboxylic acids is 1. The number of anilines is 1. The van der Waals surface area contributed by atoms with Gasteiger partial charge in [-0.2, -0.15) is 5.10 Å². The highest BCUT2D eigenvalue weighted by atomic mass is 16.1. The Morgan fingerprint density at radius 3 is 2.39 bits per heavy atom. The largest absolute Gasteiger partial charge is 0.354 e. The van der Waals surface area contributed by atoms with Crippen molar-refractivity contribution >= 4 is 12.1 Å². The van der Waals surface area contributed by atoms with Crippen molar-refractivity contribution in [3.63, 3.8) is 0 Å². The van der Waals surface area contributed by atoms with E-state index in [4.69, 9.17) is 0 Å². The Morgan fingerprint density at radius 2 is 1.94 bits per heavy atom. The number of piperazine rings is 1. The summed E-state index contributed by atoms with van der Waals surface area (Å²) in [5.41, 5.74) is 5.71. The van der Waals surface area contributed by atoms with Crippen LogP contribution in [0.15, 0.2) is 6.20 Å². The van der Waals surface area contributed by atoms with Crippen LogP contribution >= 0.6 is 0 Å². The second-order valence-corrected chi connectivity index (χ2v) is 4.23. The lowest BCUT2D eigenvalue weighted by molar-refractivity contribution is -0.108. The molecule has 0 unspecified atom stereocenters. The van der Waals surface area contributed by atoms with Gasteiger partial charge in [0.25, 0.3) is 0 Å². The quantitative estimate of drug-likeness (QED) is 0.744. The number of aldehydes is 1. The van der Waals surface area contributed by atoms with Crippen LogP contribution in [0.2, 0.25) is 0 Å². The molecule has 6 nitrogen and oxygen atoms in total. The fourth-order valence-corrected chi connectivity index (χ4v) is 2.24. The van der Waals surface area contributed by atoms with Crippen LogP contribution in [-0.4, -0.2) is 60.7 Å². The zero-order valence-electron chi connectivity index (χ0n) is 11.5. The van der Waals surface area contributed by atoms with Crippen LogP contribution in [0.4, 0.5) is 5.82 Å². The summed E-state index contributed by atoms with van der Waals surface area (Å²) in [4.78, 5) is 14.9. The van der Waals surface area contributed by atoms with E-state index in [-0.39, 0.29) is 0 Å². The highest BCUT2D eigenvalue weighted by Gasteiger charge is 2.20. The first kappa shape index (κ1) is 14.7. The summed E-state index contributed by atoms with van der Waals surface area (Å²) in [6.07, 6.45) is 2.87. The molecule has 0 spiro atoms. The molecule has 18 heavy (non-hydrogen) atoms. The topological polar surface area (TPSA) is 67.4 Å². The molecule has 1 aromatic rings. The maximum Gasteiger partial charge on any atom is 0.133 e. The summed E-state index contributed by atoms with van der Waals surface area (Å²) in [6, 6.07) is 0. The van der Waals surface area contributed by atoms with Gasteiger partial charge in [0.15, 0.2) is 0 Å². The molecule has 0 aromatic carbocycles. The van der Waals surface area contributed by atoms with Gasteiger partial charge in [0.05, 0.1) is 12.7 Å². The standard InChI is InChI=1S/C11H18N4O.CH5N/c1-10-9-12-13(2)11(10)15-5-3-14(4-6-15)7-8-16;1-2/h8-9H,3-7H2,1-2H3;2H2,1H3. The number of hydrogen-bond donors (Lipinski definition) is 1. The van der Waals surface area contributed by atoms with Crippen LogP contribution in [-0.2, 0) is 11.8 Å². The van der Waals surface area contributed by atoms with E-state index in [1.807, 2.05) is 17.9 Å². The molecular formula is C12H23N5O. The summed E-state index contributed by atoms with van der Waals surface area (Å²) >= 11 is 0. The third-order valence-corrected chi connectivity index (χ3v) is 3.09. The van der Waals surface area contributed by atoms with E-state index >= 15 is 0 Å². The van der Waals surface area contributed by atoms with Gasteiger partial charge in [0.2, 0.25) is 0 Å². The monoisotopic (exact) mass is 253 g/mol. The Labute approximate surface area is 108 Å². The molecule has 2 N–H and O–H groups in total. The van der Waals surface area contributed by atoms with E-state index in [1.165, 1.54) is 18.4 Å². The third kappa shape index (κ3) is 3.30. The van der Waals surface area contributed by atoms with Gasteiger partial charge in [0, 0.05) is 38.8 Å². The number of carbonyl (C=O) groups is 1. The minimum atomic E-state index is 0.554. The molecule has 2 rings (SSSR count). The molecule has 102 valence electrons. The molecule has 0 saturated carbocycles. The summed E-state index contributed by atoms with van der Waals surface area (Å²) in [6.45, 7) is 6.47. The zero-order valence-corrected chi connectivity index (χ0v) is 11.5. The molecule has 0 bridgehead atoms. The first-order valence-electron chi connectivity index (χ1n) is 6.19. The van der Waals surface area contributed by atoms with Crippen LogP contribution in [0.25, 0.3) is 0 Å². The van der Waals surface area contributed by atoms with Crippen LogP contribution in [0.3, 0.4) is 0 Å². The molecular weight excluding hydrogens is 230 g/mol. The van der Waals surface area contributed by atoms with Crippen LogP contribution < -0.4 is 10.6 Å². The first-order chi connectivity index (χ1) is 8.72. The lowest BCUT2D eigenvalue weighted by Gasteiger charge is -2.35. The van der Waals surface area contributed by atoms with Crippen molar-refractivity contribution in [2.45, 2.75) is 6.92 Å². The SMILES string of the molecule is CN.Cc1cnn(C)c1N1CCN(CC=O)CC1. The van der Waals surface area contributed by atoms with E-state index in [0.717, 1.165) is 32.5 Å². The van der Waals surface area contributed by atoms with Gasteiger partial charge >= 0.3 is 0 Å². The minimum absolute atomic E-state index is 0.554. The molecule has 1 aliphatic heterocycles. The molecule has 6 heteroatoms. The summed E-state index contributed by atoms with van der Waals surface area (Å²) in [5, 5.41) is 4.25. The van der Waals surface area contributed by atoms with Crippen molar-refractivity contribution in [1.82, 2.24) is 14.7 Å². The van der Waals surface area contributed by atoms with Gasteiger partial charge in [-0.3, -0.25) is 9.58 Å². The van der Waals surface area contributed by atoms with E-state index in [9.17, 15) is 4.79 Å². The number of nitrogens with zero attached hydrogens (tertiary/aromatic N) is 4. The smallest absolute Gasteiger partial charge is 0.133 e. The van der Waals surface area contributed by atoms with E-state index in [2.05, 4.69) is 27.6 Å². The molecule has 1 saturated heterocycles. The van der Waals surface area contributed by atoms with Gasteiger partial charge in [-0.1, -0.05) is 0 Å². The van der Waals surface area contributed by atoms with Gasteiger partial charge in [0.1, 0.15) is 12.1 Å². The number of rotatable bonds is 3. The van der Waals surface area contributed by atoms with Gasteiger partial charge in [-0.15, -0.1) is 0 Å². The average molecular weight is 253 g/mol. The molecule has 0 amide bonds. The van der Waals surface area contributed by atoms with Gasteiger partial charge < -0.3 is 15.4 Å². The Bertz CT molecular complexity index is 349. The molecule has 1 aliphatic rings. The lowest BCUT2D eigenvalue weighted by atomic mass is 10.2. The summed E-state index contributed by atoms with van der Waals surface area (Å²) in [5.74, 6) is 1.20. The van der Waals surface area contributed by atoms with Crippen molar-refractivity contribution in [1.29, 1.82) is 0 Å². The number of hydrogen-bond acceptors (Lipinski definition) is 5. The van der Waals surface area contributed by atoms with Gasteiger partial charge in [-0.05, 0) is 14.0 Å². The van der Waals surface area contributed by atoms with Crippen LogP contribution in [0, 0.1) is 6.92 Å². The highest BCUT2D eigenvalue weighted by Crippen LogP contribution is 2.19. The van der Waals surface area contributed by atoms with Crippen molar-refractivity contribution < 1.29 is 4.79 Å². The predicted molar refractivity (Wildman–Crippen MR) is 72.8 cm³/mol. The van der Waals surface area contributed by atoms with Crippen molar-refractivity contribution in [3.8, 4) is 0 Å². The maximum atomic E-state index is 10.4. The van der Waals surface area contributed by atoms with Crippen molar-refractivity contribution in [2.24, 2.45) is 12.8 Å². The van der Waals surface area contributed by atoms with Crippen LogP contribution in [0.1, 0.15) is 5.56 Å². The number of aromatic nitrogens is 2. The number of nitrogens with two attached hydrogens (primary N) is 1. The molecule has 2 heterocycles. The second kappa shape index (κ2) is 7.13. The first-order valence-corrected chi connectivity index (χ1v) is 6.19. The summed E-state index contributed by atoms with van der Waals surface area (Å²) in [7, 11) is 3.47. The Kier molecular flexibility index (Phi) is 5.80. The second-order valence-electron chi connectivity index (χ2n) is 4.23. The molecule has 0 aliphatic carbocycles. The average Bonchev–Trinajstić information content (AvgIpc) is 2.73. The van der Waals surface area contributed by atoms with E-state index < -0.39 is 0 Å². The maximum absolute atomic E-state index is 10.4. The fourth-order valence-electron chi connectivity index (χ4n) is 2.24. The number of aryl methyl sites for hydroxylation is 2. The summed E-state index contributed by atoms with van der Waals surface area (Å²) < 4.78 is 1.92. The van der Waals surface area contributed by atoms with E-state index in [1.54, 1.807) is 0 Å². The molecule has 0 radical (unpaired) electrons. The zero-order chi connectivity index (χ0) is 13.5. The molecule has 0 atom stereocenters. The highest BCUT2D eigenvalue weighted by molar-refractivity contribution is 5.52. The van der Waals surface area contributed by atoms with Crippen LogP contribution in [0.5, 0.6) is 0 Å². The minimum Gasteiger partial charge on any atom is -0.354 e. The molecule has 1 fully saturated rings. The van der Waals surface area contributed by atoms with Crippen molar-refractivity contribution in [2.75, 3.05) is 44.7 Å². The van der Waals surface area contributed by atoms with E-state index in [0.29, 0.717) is 6.54 Å². The van der Waals surface area contributed by atoms with Crippen molar-refractivity contribution in [3.05, 3.63) is 11.8 Å². The van der Waals surface area contributed by atoms with Gasteiger partial charge in [-0.25, -0.2) is 0 Å². The normalized spacial score (nSPS) is 16.1. The Balaban J connectivity index is 0.000000771. The molecule has 1 aromatic heterocycles. The Morgan fingerprint density at radius 1 is 1.33 bits per heavy atom. The lowest BCUT2D eigenvalue weighted by Crippen LogP contribution is -2.47. The fraction of sp³-hybridized carbons (Fsp3) is 0.667.